The van der Waals surface area contributed by atoms with Gasteiger partial charge in [-0.05, 0) is 6.42 Å². The number of rotatable bonds is 5. The lowest BCUT2D eigenvalue weighted by atomic mass is 10.1. The number of carbonyl (C=O) groups is 1. The van der Waals surface area contributed by atoms with E-state index >= 15 is 0 Å². The molecule has 2 heteroatoms. The molecule has 0 heterocycles. The van der Waals surface area contributed by atoms with E-state index in [9.17, 15) is 4.79 Å². The highest BCUT2D eigenvalue weighted by Gasteiger charge is 2.05. The first kappa shape index (κ1) is 11.2. The van der Waals surface area contributed by atoms with Crippen molar-refractivity contribution < 1.29 is 4.79 Å². The first-order chi connectivity index (χ1) is 6.70. The molecule has 0 atom stereocenters. The number of ketones is 1. The van der Waals surface area contributed by atoms with Crippen molar-refractivity contribution in [1.82, 2.24) is 0 Å². The molecule has 0 aliphatic heterocycles. The normalized spacial score (nSPS) is 10.5. The molecule has 1 aromatic rings. The third-order valence-corrected chi connectivity index (χ3v) is 3.84. The first-order valence-electron chi connectivity index (χ1n) is 5.28. The maximum absolute atomic E-state index is 11.6. The molecule has 0 fully saturated rings. The van der Waals surface area contributed by atoms with Crippen LogP contribution in [-0.4, -0.2) is 14.6 Å². The second kappa shape index (κ2) is 5.76. The molecule has 0 saturated carbocycles. The second-order valence-electron chi connectivity index (χ2n) is 4.08. The van der Waals surface area contributed by atoms with Gasteiger partial charge < -0.3 is 0 Å². The monoisotopic (exact) mass is 206 g/mol. The predicted molar refractivity (Wildman–Crippen MR) is 63.7 cm³/mol. The average molecular weight is 206 g/mol. The number of Topliss-reactive ketones (excluding diaryl/α,β-unsaturated/α-hetero) is 1. The van der Waals surface area contributed by atoms with Gasteiger partial charge in [0.2, 0.25) is 0 Å². The van der Waals surface area contributed by atoms with Gasteiger partial charge in [0.25, 0.3) is 0 Å². The summed E-state index contributed by atoms with van der Waals surface area (Å²) >= 11 is 0. The van der Waals surface area contributed by atoms with Crippen LogP contribution in [0.4, 0.5) is 0 Å². The SMILES string of the molecule is C[SiH](C)CCCC(=O)c1ccccc1. The standard InChI is InChI=1S/C12H18OSi/c1-14(2)10-6-9-12(13)11-7-4-3-5-8-11/h3-5,7-8,14H,6,9-10H2,1-2H3. The van der Waals surface area contributed by atoms with Crippen LogP contribution in [0.5, 0.6) is 0 Å². The molecule has 1 aromatic carbocycles. The number of carbonyl (C=O) groups excluding carboxylic acids is 1. The minimum Gasteiger partial charge on any atom is -0.294 e. The Labute approximate surface area is 87.8 Å². The smallest absolute Gasteiger partial charge is 0.162 e. The molecule has 0 bridgehead atoms. The minimum atomic E-state index is -0.476. The third kappa shape index (κ3) is 3.88. The molecule has 1 rings (SSSR count). The largest absolute Gasteiger partial charge is 0.294 e. The highest BCUT2D eigenvalue weighted by Crippen LogP contribution is 2.08. The maximum Gasteiger partial charge on any atom is 0.162 e. The molecular formula is C12H18OSi. The zero-order chi connectivity index (χ0) is 10.4. The quantitative estimate of drug-likeness (QED) is 0.534. The van der Waals surface area contributed by atoms with E-state index in [0.717, 1.165) is 18.4 Å². The number of benzene rings is 1. The topological polar surface area (TPSA) is 17.1 Å². The number of hydrogen-bond acceptors (Lipinski definition) is 1. The van der Waals surface area contributed by atoms with Crippen LogP contribution in [-0.2, 0) is 0 Å². The molecule has 0 spiro atoms. The van der Waals surface area contributed by atoms with Gasteiger partial charge in [0.15, 0.2) is 5.78 Å². The van der Waals surface area contributed by atoms with Crippen LogP contribution in [0.15, 0.2) is 30.3 Å². The Morgan fingerprint density at radius 1 is 1.21 bits per heavy atom. The lowest BCUT2D eigenvalue weighted by molar-refractivity contribution is 0.0981. The summed E-state index contributed by atoms with van der Waals surface area (Å²) in [5.41, 5.74) is 0.859. The molecule has 0 aliphatic rings. The van der Waals surface area contributed by atoms with Crippen LogP contribution in [0.25, 0.3) is 0 Å². The van der Waals surface area contributed by atoms with Gasteiger partial charge in [0.1, 0.15) is 0 Å². The van der Waals surface area contributed by atoms with E-state index in [1.807, 2.05) is 30.3 Å². The van der Waals surface area contributed by atoms with Gasteiger partial charge in [-0.25, -0.2) is 0 Å². The average Bonchev–Trinajstić information content (AvgIpc) is 2.18. The van der Waals surface area contributed by atoms with Crippen molar-refractivity contribution in [3.05, 3.63) is 35.9 Å². The molecular weight excluding hydrogens is 188 g/mol. The fourth-order valence-electron chi connectivity index (χ4n) is 1.44. The molecule has 0 aromatic heterocycles. The zero-order valence-electron chi connectivity index (χ0n) is 8.99. The maximum atomic E-state index is 11.6. The van der Waals surface area contributed by atoms with E-state index in [0.29, 0.717) is 5.78 Å². The Morgan fingerprint density at radius 2 is 1.86 bits per heavy atom. The Hall–Kier alpha value is -0.893. The van der Waals surface area contributed by atoms with Gasteiger partial charge in [-0.2, -0.15) is 0 Å². The molecule has 1 nitrogen and oxygen atoms in total. The third-order valence-electron chi connectivity index (χ3n) is 2.28. The van der Waals surface area contributed by atoms with E-state index in [1.165, 1.54) is 6.04 Å². The van der Waals surface area contributed by atoms with Crippen LogP contribution < -0.4 is 0 Å². The molecule has 0 saturated heterocycles. The lowest BCUT2D eigenvalue weighted by Gasteiger charge is -2.02. The van der Waals surface area contributed by atoms with Crippen molar-refractivity contribution in [3.8, 4) is 0 Å². The molecule has 0 N–H and O–H groups in total. The van der Waals surface area contributed by atoms with Crippen LogP contribution in [0, 0.1) is 0 Å². The van der Waals surface area contributed by atoms with Crippen molar-refractivity contribution in [2.45, 2.75) is 32.0 Å². The van der Waals surface area contributed by atoms with Gasteiger partial charge in [-0.15, -0.1) is 0 Å². The van der Waals surface area contributed by atoms with Crippen molar-refractivity contribution in [2.24, 2.45) is 0 Å². The Kier molecular flexibility index (Phi) is 4.60. The Morgan fingerprint density at radius 3 is 2.43 bits per heavy atom. The van der Waals surface area contributed by atoms with E-state index in [4.69, 9.17) is 0 Å². The Balaban J connectivity index is 2.36. The predicted octanol–water partition coefficient (Wildman–Crippen LogP) is 3.14. The molecule has 0 unspecified atom stereocenters. The first-order valence-corrected chi connectivity index (χ1v) is 8.41. The van der Waals surface area contributed by atoms with Gasteiger partial charge in [0, 0.05) is 20.8 Å². The van der Waals surface area contributed by atoms with Gasteiger partial charge in [0.05, 0.1) is 0 Å². The summed E-state index contributed by atoms with van der Waals surface area (Å²) in [6.45, 7) is 4.65. The lowest BCUT2D eigenvalue weighted by Crippen LogP contribution is -2.03. The van der Waals surface area contributed by atoms with Crippen molar-refractivity contribution in [3.63, 3.8) is 0 Å². The molecule has 0 aliphatic carbocycles. The summed E-state index contributed by atoms with van der Waals surface area (Å²) in [7, 11) is -0.476. The van der Waals surface area contributed by atoms with Gasteiger partial charge in [-0.1, -0.05) is 49.5 Å². The van der Waals surface area contributed by atoms with Crippen LogP contribution in [0.2, 0.25) is 19.1 Å². The summed E-state index contributed by atoms with van der Waals surface area (Å²) in [6, 6.07) is 10.9. The highest BCUT2D eigenvalue weighted by atomic mass is 28.3. The summed E-state index contributed by atoms with van der Waals surface area (Å²) in [4.78, 5) is 11.6. The fraction of sp³-hybridized carbons (Fsp3) is 0.417. The molecule has 0 radical (unpaired) electrons. The van der Waals surface area contributed by atoms with Crippen LogP contribution in [0.1, 0.15) is 23.2 Å². The Bertz CT molecular complexity index is 280. The van der Waals surface area contributed by atoms with Crippen molar-refractivity contribution >= 4 is 14.6 Å². The molecule has 76 valence electrons. The van der Waals surface area contributed by atoms with Gasteiger partial charge >= 0.3 is 0 Å². The van der Waals surface area contributed by atoms with Crippen molar-refractivity contribution in [2.75, 3.05) is 0 Å². The van der Waals surface area contributed by atoms with E-state index < -0.39 is 8.80 Å². The van der Waals surface area contributed by atoms with Gasteiger partial charge in [-0.3, -0.25) is 4.79 Å². The molecule has 14 heavy (non-hydrogen) atoms. The zero-order valence-corrected chi connectivity index (χ0v) is 10.1. The van der Waals surface area contributed by atoms with Crippen molar-refractivity contribution in [1.29, 1.82) is 0 Å². The second-order valence-corrected chi connectivity index (χ2v) is 7.44. The van der Waals surface area contributed by atoms with E-state index in [1.54, 1.807) is 0 Å². The van der Waals surface area contributed by atoms with Crippen LogP contribution in [0.3, 0.4) is 0 Å². The van der Waals surface area contributed by atoms with Crippen LogP contribution >= 0.6 is 0 Å². The summed E-state index contributed by atoms with van der Waals surface area (Å²) in [5.74, 6) is 0.292. The summed E-state index contributed by atoms with van der Waals surface area (Å²) in [6.07, 6.45) is 1.78. The fourth-order valence-corrected chi connectivity index (χ4v) is 2.46. The van der Waals surface area contributed by atoms with E-state index in [2.05, 4.69) is 13.1 Å². The van der Waals surface area contributed by atoms with E-state index in [-0.39, 0.29) is 0 Å². The number of hydrogen-bond donors (Lipinski definition) is 0. The summed E-state index contributed by atoms with van der Waals surface area (Å²) < 4.78 is 0. The summed E-state index contributed by atoms with van der Waals surface area (Å²) in [5, 5.41) is 0. The highest BCUT2D eigenvalue weighted by molar-refractivity contribution is 6.55. The minimum absolute atomic E-state index is 0.292. The molecule has 0 amide bonds.